The lowest BCUT2D eigenvalue weighted by molar-refractivity contribution is 0.781. The molecular formula is C13H15N5S. The molecule has 0 saturated carbocycles. The summed E-state index contributed by atoms with van der Waals surface area (Å²) in [7, 11) is 0. The van der Waals surface area contributed by atoms with E-state index in [-0.39, 0.29) is 0 Å². The number of anilines is 1. The van der Waals surface area contributed by atoms with Crippen LogP contribution in [0.25, 0.3) is 11.0 Å². The van der Waals surface area contributed by atoms with E-state index in [9.17, 15) is 0 Å². The molecule has 0 fully saturated rings. The van der Waals surface area contributed by atoms with Crippen LogP contribution in [0.4, 0.5) is 5.82 Å². The molecule has 3 aromatic heterocycles. The molecule has 3 aromatic rings. The average Bonchev–Trinajstić information content (AvgIpc) is 2.93. The topological polar surface area (TPSA) is 69.6 Å². The lowest BCUT2D eigenvalue weighted by Gasteiger charge is -2.06. The molecule has 0 bridgehead atoms. The van der Waals surface area contributed by atoms with Gasteiger partial charge in [-0.15, -0.1) is 11.3 Å². The molecule has 2 N–H and O–H groups in total. The maximum Gasteiger partial charge on any atom is 0.146 e. The van der Waals surface area contributed by atoms with E-state index in [0.717, 1.165) is 33.8 Å². The molecule has 0 aliphatic rings. The minimum absolute atomic E-state index is 0.556. The van der Waals surface area contributed by atoms with Crippen LogP contribution in [0.1, 0.15) is 22.1 Å². The van der Waals surface area contributed by atoms with Crippen molar-refractivity contribution in [3.8, 4) is 0 Å². The Morgan fingerprint density at radius 1 is 1.26 bits per heavy atom. The largest absolute Gasteiger partial charge is 0.383 e. The highest BCUT2D eigenvalue weighted by molar-refractivity contribution is 7.09. The first kappa shape index (κ1) is 12.1. The van der Waals surface area contributed by atoms with E-state index in [2.05, 4.69) is 33.4 Å². The van der Waals surface area contributed by atoms with E-state index in [1.807, 2.05) is 18.5 Å². The van der Waals surface area contributed by atoms with Gasteiger partial charge in [0.1, 0.15) is 22.3 Å². The smallest absolute Gasteiger partial charge is 0.146 e. The zero-order chi connectivity index (χ0) is 13.6. The predicted molar refractivity (Wildman–Crippen MR) is 77.4 cm³/mol. The Labute approximate surface area is 115 Å². The molecule has 0 unspecified atom stereocenters. The summed E-state index contributed by atoms with van der Waals surface area (Å²) < 4.78 is 2.16. The van der Waals surface area contributed by atoms with Crippen LogP contribution in [0.3, 0.4) is 0 Å². The first-order valence-corrected chi connectivity index (χ1v) is 6.93. The minimum atomic E-state index is 0.556. The molecule has 3 heterocycles. The monoisotopic (exact) mass is 273 g/mol. The third kappa shape index (κ3) is 1.88. The molecule has 0 spiro atoms. The fraction of sp³-hybridized carbons (Fsp3) is 0.308. The van der Waals surface area contributed by atoms with Gasteiger partial charge in [-0.2, -0.15) is 0 Å². The van der Waals surface area contributed by atoms with Crippen LogP contribution in [0.5, 0.6) is 0 Å². The lowest BCUT2D eigenvalue weighted by Crippen LogP contribution is -2.04. The predicted octanol–water partition coefficient (Wildman–Crippen LogP) is 2.44. The molecule has 0 saturated heterocycles. The summed E-state index contributed by atoms with van der Waals surface area (Å²) in [4.78, 5) is 13.1. The summed E-state index contributed by atoms with van der Waals surface area (Å²) in [5.74, 6) is 1.25. The van der Waals surface area contributed by atoms with Crippen molar-refractivity contribution in [3.63, 3.8) is 0 Å². The van der Waals surface area contributed by atoms with Crippen molar-refractivity contribution >= 4 is 28.2 Å². The van der Waals surface area contributed by atoms with Gasteiger partial charge >= 0.3 is 0 Å². The van der Waals surface area contributed by atoms with Crippen LogP contribution in [-0.2, 0) is 6.54 Å². The number of nitrogen functional groups attached to an aromatic ring is 1. The van der Waals surface area contributed by atoms with Gasteiger partial charge in [0, 0.05) is 17.3 Å². The third-order valence-electron chi connectivity index (χ3n) is 3.38. The number of hydrogen-bond donors (Lipinski definition) is 1. The van der Waals surface area contributed by atoms with E-state index in [0.29, 0.717) is 11.6 Å². The van der Waals surface area contributed by atoms with Gasteiger partial charge in [0.2, 0.25) is 0 Å². The van der Waals surface area contributed by atoms with Crippen LogP contribution < -0.4 is 5.73 Å². The summed E-state index contributed by atoms with van der Waals surface area (Å²) >= 11 is 1.65. The maximum atomic E-state index is 6.04. The van der Waals surface area contributed by atoms with E-state index < -0.39 is 0 Å². The van der Waals surface area contributed by atoms with E-state index in [1.54, 1.807) is 11.3 Å². The molecule has 0 amide bonds. The van der Waals surface area contributed by atoms with E-state index in [1.165, 1.54) is 0 Å². The molecule has 0 atom stereocenters. The number of fused-ring (bicyclic) bond motifs is 1. The normalized spacial score (nSPS) is 11.3. The molecule has 3 rings (SSSR count). The number of nitrogens with two attached hydrogens (primary N) is 1. The Morgan fingerprint density at radius 3 is 2.74 bits per heavy atom. The van der Waals surface area contributed by atoms with E-state index >= 15 is 0 Å². The van der Waals surface area contributed by atoms with Gasteiger partial charge in [-0.05, 0) is 26.3 Å². The summed E-state index contributed by atoms with van der Waals surface area (Å²) in [6.45, 7) is 6.73. The van der Waals surface area contributed by atoms with Crippen LogP contribution in [0.2, 0.25) is 0 Å². The first-order chi connectivity index (χ1) is 9.08. The summed E-state index contributed by atoms with van der Waals surface area (Å²) in [5.41, 5.74) is 9.24. The maximum absolute atomic E-state index is 6.04. The van der Waals surface area contributed by atoms with Crippen LogP contribution in [0, 0.1) is 20.8 Å². The van der Waals surface area contributed by atoms with Crippen molar-refractivity contribution in [1.82, 2.24) is 19.5 Å². The zero-order valence-corrected chi connectivity index (χ0v) is 12.0. The Kier molecular flexibility index (Phi) is 2.74. The van der Waals surface area contributed by atoms with Gasteiger partial charge in [-0.1, -0.05) is 0 Å². The molecule has 6 heteroatoms. The number of thiazole rings is 1. The number of hydrogen-bond acceptors (Lipinski definition) is 5. The van der Waals surface area contributed by atoms with Crippen LogP contribution in [0.15, 0.2) is 11.6 Å². The Hall–Kier alpha value is -1.95. The second kappa shape index (κ2) is 4.31. The second-order valence-electron chi connectivity index (χ2n) is 4.58. The molecule has 5 nitrogen and oxygen atoms in total. The SMILES string of the molecule is Cc1nc(N)c2c(C)c(C)n(Cc3nccs3)c2n1. The fourth-order valence-electron chi connectivity index (χ4n) is 2.34. The molecule has 98 valence electrons. The van der Waals surface area contributed by atoms with Crippen molar-refractivity contribution in [2.24, 2.45) is 0 Å². The van der Waals surface area contributed by atoms with Crippen molar-refractivity contribution < 1.29 is 0 Å². The quantitative estimate of drug-likeness (QED) is 0.778. The minimum Gasteiger partial charge on any atom is -0.383 e. The molecule has 19 heavy (non-hydrogen) atoms. The average molecular weight is 273 g/mol. The van der Waals surface area contributed by atoms with Crippen molar-refractivity contribution in [1.29, 1.82) is 0 Å². The lowest BCUT2D eigenvalue weighted by atomic mass is 10.2. The van der Waals surface area contributed by atoms with Crippen molar-refractivity contribution in [2.75, 3.05) is 5.73 Å². The summed E-state index contributed by atoms with van der Waals surface area (Å²) in [5, 5.41) is 4.01. The van der Waals surface area contributed by atoms with Gasteiger partial charge in [-0.3, -0.25) is 0 Å². The second-order valence-corrected chi connectivity index (χ2v) is 5.56. The molecule has 0 aliphatic carbocycles. The van der Waals surface area contributed by atoms with Crippen LogP contribution in [-0.4, -0.2) is 19.5 Å². The Bertz CT molecular complexity index is 742. The highest BCUT2D eigenvalue weighted by Gasteiger charge is 2.16. The molecular weight excluding hydrogens is 258 g/mol. The Balaban J connectivity index is 2.26. The number of aryl methyl sites for hydroxylation is 2. The summed E-state index contributed by atoms with van der Waals surface area (Å²) in [6, 6.07) is 0. The van der Waals surface area contributed by atoms with Crippen molar-refractivity contribution in [2.45, 2.75) is 27.3 Å². The number of rotatable bonds is 2. The Morgan fingerprint density at radius 2 is 2.05 bits per heavy atom. The zero-order valence-electron chi connectivity index (χ0n) is 11.1. The first-order valence-electron chi connectivity index (χ1n) is 6.06. The number of nitrogens with zero attached hydrogens (tertiary/aromatic N) is 4. The summed E-state index contributed by atoms with van der Waals surface area (Å²) in [6.07, 6.45) is 1.82. The van der Waals surface area contributed by atoms with Crippen LogP contribution >= 0.6 is 11.3 Å². The molecule has 0 aliphatic heterocycles. The fourth-order valence-corrected chi connectivity index (χ4v) is 2.94. The highest BCUT2D eigenvalue weighted by atomic mass is 32.1. The molecule has 0 radical (unpaired) electrons. The number of aromatic nitrogens is 4. The van der Waals surface area contributed by atoms with Gasteiger partial charge in [0.05, 0.1) is 11.9 Å². The van der Waals surface area contributed by atoms with Gasteiger partial charge in [-0.25, -0.2) is 15.0 Å². The molecule has 0 aromatic carbocycles. The third-order valence-corrected chi connectivity index (χ3v) is 4.15. The highest BCUT2D eigenvalue weighted by Crippen LogP contribution is 2.28. The van der Waals surface area contributed by atoms with Crippen molar-refractivity contribution in [3.05, 3.63) is 33.7 Å². The van der Waals surface area contributed by atoms with Gasteiger partial charge in [0.15, 0.2) is 0 Å². The standard InChI is InChI=1S/C13H15N5S/c1-7-8(2)18(6-10-15-4-5-19-10)13-11(7)12(14)16-9(3)17-13/h4-5H,6H2,1-3H3,(H2,14,16,17). The van der Waals surface area contributed by atoms with Gasteiger partial charge < -0.3 is 10.3 Å². The van der Waals surface area contributed by atoms with E-state index in [4.69, 9.17) is 5.73 Å². The van der Waals surface area contributed by atoms with Gasteiger partial charge in [0.25, 0.3) is 0 Å².